The number of hydrogen-bond donors (Lipinski definition) is 3. The number of amides is 1. The highest BCUT2D eigenvalue weighted by molar-refractivity contribution is 6.39. The number of carbonyl (C=O) groups excluding carboxylic acids is 4. The Morgan fingerprint density at radius 2 is 1.65 bits per heavy atom. The summed E-state index contributed by atoms with van der Waals surface area (Å²) in [5, 5.41) is 34.2. The summed E-state index contributed by atoms with van der Waals surface area (Å²) in [6, 6.07) is -1.18. The molecule has 1 amide bonds. The van der Waals surface area contributed by atoms with Crippen molar-refractivity contribution in [3.63, 3.8) is 0 Å². The van der Waals surface area contributed by atoms with E-state index in [0.29, 0.717) is 50.5 Å². The molecule has 0 aromatic carbocycles. The standard InChI is InChI=1S/C44H69NO12/c1-10-13-31-19-25(2)18-26(3)20-37(54-8)40-38(55-9)22-28(5)44(52,57-40)41(49)42(50)45-17-12-11-14-32(45)43(51)56-39(29(6)34(47)24-35(31)48)27(4)21-30-15-16-33(46)36(23-30)53-7/h10,19,21,26,28-34,36-40,46-47,52H,1,11-18,20,22-24H2,2-9H3/t26-,28-,29-,30+,31+,32+,33-,34+,36-,37-,38+,39-,40-,44-/m1/s1/i1+1D2. The van der Waals surface area contributed by atoms with Gasteiger partial charge in [0.15, 0.2) is 0 Å². The third-order valence-corrected chi connectivity index (χ3v) is 12.8. The third-order valence-electron chi connectivity index (χ3n) is 12.8. The molecule has 0 unspecified atom stereocenters. The highest BCUT2D eigenvalue weighted by Crippen LogP contribution is 2.39. The van der Waals surface area contributed by atoms with Crippen LogP contribution in [0.2, 0.25) is 0 Å². The molecule has 3 aliphatic heterocycles. The third kappa shape index (κ3) is 11.3. The number of carbonyl (C=O) groups is 4. The van der Waals surface area contributed by atoms with Crippen LogP contribution < -0.4 is 0 Å². The minimum absolute atomic E-state index is 0.0448. The predicted molar refractivity (Wildman–Crippen MR) is 213 cm³/mol. The summed E-state index contributed by atoms with van der Waals surface area (Å²) in [5.41, 5.74) is 1.47. The van der Waals surface area contributed by atoms with Crippen LogP contribution in [0.25, 0.3) is 0 Å². The van der Waals surface area contributed by atoms with Gasteiger partial charge in [0.1, 0.15) is 24.0 Å². The molecular weight excluding hydrogens is 735 g/mol. The second-order valence-corrected chi connectivity index (χ2v) is 17.2. The van der Waals surface area contributed by atoms with Crippen molar-refractivity contribution in [1.29, 1.82) is 0 Å². The van der Waals surface area contributed by atoms with E-state index in [1.54, 1.807) is 27.9 Å². The normalized spacial score (nSPS) is 40.5. The number of Topliss-reactive ketones (excluding diaryl/α,β-unsaturated/α-hetero) is 2. The Hall–Kier alpha value is -2.78. The van der Waals surface area contributed by atoms with Gasteiger partial charge in [-0.2, -0.15) is 0 Å². The Morgan fingerprint density at radius 1 is 0.965 bits per heavy atom. The van der Waals surface area contributed by atoms with Crippen LogP contribution in [0.1, 0.15) is 108 Å². The maximum absolute atomic E-state index is 14.3. The summed E-state index contributed by atoms with van der Waals surface area (Å²) >= 11 is 0. The smallest absolute Gasteiger partial charge is 0.329 e. The van der Waals surface area contributed by atoms with Crippen molar-refractivity contribution in [2.24, 2.45) is 29.6 Å². The second kappa shape index (κ2) is 21.0. The monoisotopic (exact) mass is 806 g/mol. The molecule has 2 saturated heterocycles. The van der Waals surface area contributed by atoms with Gasteiger partial charge in [-0.3, -0.25) is 14.4 Å². The zero-order valence-corrected chi connectivity index (χ0v) is 35.2. The molecule has 13 nitrogen and oxygen atoms in total. The first-order valence-electron chi connectivity index (χ1n) is 21.8. The summed E-state index contributed by atoms with van der Waals surface area (Å²) in [4.78, 5) is 58.0. The SMILES string of the molecule is [2H][13C]([2H])=CC[C@H]1C=C(C)C[C@@H](C)C[C@@H](OC)[C@H]2O[C@@](O)(C(=O)C(=O)N3CCCC[C@H]3C(=O)O[C@H](C(C)=C[C@@H]3CC[C@@H](O)[C@H](OC)C3)[C@H](C)[C@@H](O)CC1=O)[C@H](C)C[C@@H]2OC. The fourth-order valence-electron chi connectivity index (χ4n) is 9.37. The zero-order valence-electron chi connectivity index (χ0n) is 37.2. The zero-order chi connectivity index (χ0) is 43.8. The van der Waals surface area contributed by atoms with Crippen LogP contribution in [-0.4, -0.2) is 126 Å². The number of esters is 1. The molecule has 4 rings (SSSR count). The van der Waals surface area contributed by atoms with Crippen molar-refractivity contribution in [2.45, 2.75) is 160 Å². The number of aliphatic hydroxyl groups excluding tert-OH is 2. The largest absolute Gasteiger partial charge is 0.456 e. The van der Waals surface area contributed by atoms with Crippen LogP contribution in [0.4, 0.5) is 0 Å². The van der Waals surface area contributed by atoms with Crippen LogP contribution in [0.5, 0.6) is 0 Å². The number of cyclic esters (lactones) is 1. The summed E-state index contributed by atoms with van der Waals surface area (Å²) in [5.74, 6) is -8.41. The number of allylic oxidation sites excluding steroid dienone is 4. The summed E-state index contributed by atoms with van der Waals surface area (Å²) in [6.45, 7) is 8.59. The van der Waals surface area contributed by atoms with Gasteiger partial charge >= 0.3 is 5.97 Å². The lowest BCUT2D eigenvalue weighted by atomic mass is 9.81. The van der Waals surface area contributed by atoms with Crippen molar-refractivity contribution < 1.29 is 60.9 Å². The van der Waals surface area contributed by atoms with Gasteiger partial charge in [-0.15, -0.1) is 6.53 Å². The van der Waals surface area contributed by atoms with Crippen molar-refractivity contribution in [2.75, 3.05) is 27.9 Å². The van der Waals surface area contributed by atoms with E-state index in [1.165, 1.54) is 20.3 Å². The van der Waals surface area contributed by atoms with Crippen LogP contribution >= 0.6 is 0 Å². The summed E-state index contributed by atoms with van der Waals surface area (Å²) < 4.78 is 45.1. The number of rotatable bonds is 7. The number of nitrogens with zero attached hydrogens (tertiary/aromatic N) is 1. The van der Waals surface area contributed by atoms with Crippen molar-refractivity contribution in [3.8, 4) is 0 Å². The lowest BCUT2D eigenvalue weighted by Gasteiger charge is -2.47. The van der Waals surface area contributed by atoms with E-state index in [1.807, 2.05) is 26.0 Å². The second-order valence-electron chi connectivity index (χ2n) is 17.2. The van der Waals surface area contributed by atoms with Gasteiger partial charge in [0, 0.05) is 52.0 Å². The van der Waals surface area contributed by atoms with Crippen molar-refractivity contribution >= 4 is 23.4 Å². The lowest BCUT2D eigenvalue weighted by molar-refractivity contribution is -0.302. The molecule has 4 aliphatic rings. The van der Waals surface area contributed by atoms with Gasteiger partial charge in [0.25, 0.3) is 11.7 Å². The van der Waals surface area contributed by atoms with E-state index < -0.39 is 90.4 Å². The number of piperidine rings is 1. The molecule has 0 aromatic rings. The molecule has 2 bridgehead atoms. The number of hydrogen-bond acceptors (Lipinski definition) is 12. The first-order valence-corrected chi connectivity index (χ1v) is 20.8. The maximum Gasteiger partial charge on any atom is 0.329 e. The average molecular weight is 807 g/mol. The van der Waals surface area contributed by atoms with Gasteiger partial charge < -0.3 is 43.9 Å². The predicted octanol–water partition coefficient (Wildman–Crippen LogP) is 4.64. The number of aliphatic hydroxyl groups is 3. The van der Waals surface area contributed by atoms with Gasteiger partial charge in [0.05, 0.1) is 33.3 Å². The number of fused-ring (bicyclic) bond motifs is 3. The molecule has 1 saturated carbocycles. The topological polar surface area (TPSA) is 178 Å². The van der Waals surface area contributed by atoms with Crippen LogP contribution in [0, 0.1) is 29.6 Å². The van der Waals surface area contributed by atoms with Crippen molar-refractivity contribution in [1.82, 2.24) is 4.90 Å². The highest BCUT2D eigenvalue weighted by Gasteiger charge is 2.56. The van der Waals surface area contributed by atoms with Crippen molar-refractivity contribution in [3.05, 3.63) is 35.9 Å². The van der Waals surface area contributed by atoms with E-state index in [9.17, 15) is 34.5 Å². The summed E-state index contributed by atoms with van der Waals surface area (Å²) in [7, 11) is 4.55. The molecule has 13 heteroatoms. The number of methoxy groups -OCH3 is 3. The maximum atomic E-state index is 14.3. The average Bonchev–Trinajstić information content (AvgIpc) is 3.20. The van der Waals surface area contributed by atoms with E-state index in [-0.39, 0.29) is 56.0 Å². The Labute approximate surface area is 342 Å². The van der Waals surface area contributed by atoms with Crippen LogP contribution in [-0.2, 0) is 42.9 Å². The molecule has 14 atom stereocenters. The molecule has 0 aromatic heterocycles. The fourth-order valence-corrected chi connectivity index (χ4v) is 9.37. The molecule has 57 heavy (non-hydrogen) atoms. The van der Waals surface area contributed by atoms with E-state index in [2.05, 4.69) is 0 Å². The Kier molecular flexibility index (Phi) is 16.1. The van der Waals surface area contributed by atoms with Gasteiger partial charge in [-0.05, 0) is 95.5 Å². The van der Waals surface area contributed by atoms with Gasteiger partial charge in [-0.25, -0.2) is 4.79 Å². The molecule has 322 valence electrons. The molecule has 0 spiro atoms. The quantitative estimate of drug-likeness (QED) is 0.141. The van der Waals surface area contributed by atoms with E-state index >= 15 is 0 Å². The molecule has 3 heterocycles. The Morgan fingerprint density at radius 3 is 2.32 bits per heavy atom. The van der Waals surface area contributed by atoms with Crippen LogP contribution in [0.3, 0.4) is 0 Å². The van der Waals surface area contributed by atoms with E-state index in [4.69, 9.17) is 26.4 Å². The molecule has 0 radical (unpaired) electrons. The lowest BCUT2D eigenvalue weighted by Crippen LogP contribution is -2.64. The van der Waals surface area contributed by atoms with Gasteiger partial charge in [0.2, 0.25) is 5.79 Å². The fraction of sp³-hybridized carbons (Fsp3) is 0.773. The van der Waals surface area contributed by atoms with Crippen LogP contribution in [0.15, 0.2) is 35.9 Å². The Balaban J connectivity index is 1.80. The molecule has 1 aliphatic carbocycles. The molecule has 3 N–H and O–H groups in total. The first kappa shape index (κ1) is 43.8. The first-order chi connectivity index (χ1) is 27.8. The minimum Gasteiger partial charge on any atom is -0.456 e. The minimum atomic E-state index is -2.54. The van der Waals surface area contributed by atoms with Gasteiger partial charge in [-0.1, -0.05) is 44.6 Å². The number of ether oxygens (including phenoxy) is 5. The van der Waals surface area contributed by atoms with E-state index in [0.717, 1.165) is 10.5 Å². The Bertz CT molecular complexity index is 1570. The number of ketones is 2. The molecule has 3 fully saturated rings. The summed E-state index contributed by atoms with van der Waals surface area (Å²) in [6.07, 6.45) is 3.43. The highest BCUT2D eigenvalue weighted by atomic mass is 16.7. The molecular formula is C44H69NO12.